The first-order valence-corrected chi connectivity index (χ1v) is 10.3. The standard InChI is InChI=1S/C22H26N2O4/c1-10(27-3)17-12-8-15-19-22(13-6-4-5-7-14(13)23-19)9-16(24(15)21(17)26)18(12)20(22)28-11(2)25/h4-7,10,12,15-18,20-21,26H,8-9H2,1-3H3/t10?,12-,15-,16-,17-,18+,20?,21+,22+/m0/s1. The van der Waals surface area contributed by atoms with Crippen molar-refractivity contribution in [1.82, 2.24) is 4.90 Å². The number of carbonyl (C=O) groups excluding carboxylic acids is 1. The van der Waals surface area contributed by atoms with Crippen LogP contribution < -0.4 is 0 Å². The second kappa shape index (κ2) is 5.43. The second-order valence-electron chi connectivity index (χ2n) is 9.16. The molecule has 3 unspecified atom stereocenters. The molecule has 5 heterocycles. The Morgan fingerprint density at radius 2 is 2.18 bits per heavy atom. The number of benzene rings is 1. The molecule has 148 valence electrons. The van der Waals surface area contributed by atoms with E-state index in [9.17, 15) is 9.90 Å². The summed E-state index contributed by atoms with van der Waals surface area (Å²) in [6.07, 6.45) is 0.995. The lowest BCUT2D eigenvalue weighted by atomic mass is 9.63. The zero-order chi connectivity index (χ0) is 19.4. The summed E-state index contributed by atoms with van der Waals surface area (Å²) in [7, 11) is 1.71. The smallest absolute Gasteiger partial charge is 0.302 e. The Hall–Kier alpha value is -1.76. The summed E-state index contributed by atoms with van der Waals surface area (Å²) < 4.78 is 11.7. The number of nitrogens with zero attached hydrogens (tertiary/aromatic N) is 2. The Morgan fingerprint density at radius 3 is 2.93 bits per heavy atom. The quantitative estimate of drug-likeness (QED) is 0.810. The molecule has 0 aromatic heterocycles. The highest BCUT2D eigenvalue weighted by molar-refractivity contribution is 6.07. The highest BCUT2D eigenvalue weighted by Crippen LogP contribution is 2.67. The average Bonchev–Trinajstić information content (AvgIpc) is 3.14. The molecule has 28 heavy (non-hydrogen) atoms. The van der Waals surface area contributed by atoms with E-state index in [0.717, 1.165) is 24.2 Å². The SMILES string of the molecule is COC(C)[C@H]1[C@@H]2C[C@H]3C4=Nc5ccccc5[C@]45C[C@@H]([C@@H]2C5OC(C)=O)N3[C@@H]1O. The number of aliphatic hydroxyl groups excluding tert-OH is 1. The van der Waals surface area contributed by atoms with Crippen LogP contribution >= 0.6 is 0 Å². The maximum atomic E-state index is 12.2. The molecule has 0 amide bonds. The van der Waals surface area contributed by atoms with Gasteiger partial charge in [0.1, 0.15) is 12.3 Å². The fraction of sp³-hybridized carbons (Fsp3) is 0.636. The van der Waals surface area contributed by atoms with Crippen LogP contribution in [0.5, 0.6) is 0 Å². The van der Waals surface area contributed by atoms with E-state index in [2.05, 4.69) is 23.1 Å². The molecule has 10 atom stereocenters. The Balaban J connectivity index is 1.56. The van der Waals surface area contributed by atoms with Crippen molar-refractivity contribution in [2.24, 2.45) is 22.7 Å². The predicted octanol–water partition coefficient (Wildman–Crippen LogP) is 2.02. The van der Waals surface area contributed by atoms with Gasteiger partial charge in [-0.3, -0.25) is 14.7 Å². The number of ether oxygens (including phenoxy) is 2. The van der Waals surface area contributed by atoms with Gasteiger partial charge in [-0.15, -0.1) is 0 Å². The van der Waals surface area contributed by atoms with E-state index in [4.69, 9.17) is 14.5 Å². The van der Waals surface area contributed by atoms with Crippen molar-refractivity contribution in [3.63, 3.8) is 0 Å². The third kappa shape index (κ3) is 1.76. The summed E-state index contributed by atoms with van der Waals surface area (Å²) in [5.41, 5.74) is 2.96. The van der Waals surface area contributed by atoms with E-state index in [1.54, 1.807) is 7.11 Å². The van der Waals surface area contributed by atoms with Gasteiger partial charge in [-0.2, -0.15) is 0 Å². The van der Waals surface area contributed by atoms with Crippen LogP contribution in [0.25, 0.3) is 0 Å². The summed E-state index contributed by atoms with van der Waals surface area (Å²) in [5, 5.41) is 11.3. The highest BCUT2D eigenvalue weighted by atomic mass is 16.5. The summed E-state index contributed by atoms with van der Waals surface area (Å²) in [6.45, 7) is 3.54. The van der Waals surface area contributed by atoms with Gasteiger partial charge in [0.2, 0.25) is 0 Å². The van der Waals surface area contributed by atoms with Gasteiger partial charge in [-0.05, 0) is 37.3 Å². The summed E-state index contributed by atoms with van der Waals surface area (Å²) in [6, 6.07) is 8.61. The lowest BCUT2D eigenvalue weighted by molar-refractivity contribution is -0.221. The molecule has 4 saturated heterocycles. The van der Waals surface area contributed by atoms with E-state index < -0.39 is 6.23 Å². The van der Waals surface area contributed by atoms with Gasteiger partial charge in [0.05, 0.1) is 29.0 Å². The first-order chi connectivity index (χ1) is 13.5. The number of esters is 1. The Bertz CT molecular complexity index is 900. The molecule has 7 rings (SSSR count). The summed E-state index contributed by atoms with van der Waals surface area (Å²) in [5.74, 6) is 0.242. The number of hydrogen-bond donors (Lipinski definition) is 1. The van der Waals surface area contributed by atoms with Crippen LogP contribution in [0.15, 0.2) is 29.3 Å². The normalized spacial score (nSPS) is 47.5. The Morgan fingerprint density at radius 1 is 1.39 bits per heavy atom. The van der Waals surface area contributed by atoms with Gasteiger partial charge in [-0.1, -0.05) is 18.2 Å². The van der Waals surface area contributed by atoms with Gasteiger partial charge >= 0.3 is 5.97 Å². The first kappa shape index (κ1) is 17.1. The molecule has 5 aliphatic heterocycles. The summed E-state index contributed by atoms with van der Waals surface area (Å²) in [4.78, 5) is 19.5. The molecule has 6 aliphatic rings. The van der Waals surface area contributed by atoms with Crippen LogP contribution in [0.1, 0.15) is 32.3 Å². The lowest BCUT2D eigenvalue weighted by Crippen LogP contribution is -2.71. The first-order valence-electron chi connectivity index (χ1n) is 10.3. The number of carbonyl (C=O) groups is 1. The van der Waals surface area contributed by atoms with E-state index in [1.807, 2.05) is 13.0 Å². The van der Waals surface area contributed by atoms with Crippen molar-refractivity contribution in [2.75, 3.05) is 7.11 Å². The molecule has 0 radical (unpaired) electrons. The topological polar surface area (TPSA) is 71.4 Å². The maximum absolute atomic E-state index is 12.2. The molecule has 6 nitrogen and oxygen atoms in total. The molecule has 5 bridgehead atoms. The van der Waals surface area contributed by atoms with Crippen molar-refractivity contribution in [3.05, 3.63) is 29.8 Å². The number of aliphatic imine (C=N–C) groups is 1. The number of rotatable bonds is 3. The van der Waals surface area contributed by atoms with Crippen molar-refractivity contribution < 1.29 is 19.4 Å². The van der Waals surface area contributed by atoms with Gasteiger partial charge in [0.15, 0.2) is 0 Å². The second-order valence-corrected chi connectivity index (χ2v) is 9.16. The molecule has 1 spiro atoms. The van der Waals surface area contributed by atoms with Crippen LogP contribution in [0.4, 0.5) is 5.69 Å². The molecule has 1 aromatic carbocycles. The van der Waals surface area contributed by atoms with Crippen molar-refractivity contribution in [3.8, 4) is 0 Å². The van der Waals surface area contributed by atoms with Gasteiger partial charge in [0, 0.05) is 31.9 Å². The van der Waals surface area contributed by atoms with Gasteiger partial charge in [0.25, 0.3) is 0 Å². The molecule has 6 heteroatoms. The highest BCUT2D eigenvalue weighted by Gasteiger charge is 2.76. The van der Waals surface area contributed by atoms with Crippen LogP contribution in [0, 0.1) is 17.8 Å². The van der Waals surface area contributed by atoms with Crippen molar-refractivity contribution in [2.45, 2.75) is 62.6 Å². The third-order valence-corrected chi connectivity index (χ3v) is 8.29. The van der Waals surface area contributed by atoms with Crippen LogP contribution in [-0.2, 0) is 19.7 Å². The zero-order valence-electron chi connectivity index (χ0n) is 16.4. The minimum Gasteiger partial charge on any atom is -0.461 e. The molecule has 1 saturated carbocycles. The van der Waals surface area contributed by atoms with Crippen molar-refractivity contribution >= 4 is 17.4 Å². The van der Waals surface area contributed by atoms with E-state index in [0.29, 0.717) is 0 Å². The predicted molar refractivity (Wildman–Crippen MR) is 102 cm³/mol. The van der Waals surface area contributed by atoms with E-state index in [1.165, 1.54) is 12.5 Å². The zero-order valence-corrected chi connectivity index (χ0v) is 16.4. The minimum atomic E-state index is -0.541. The number of aliphatic hydroxyl groups is 1. The number of methoxy groups -OCH3 is 1. The molecule has 1 N–H and O–H groups in total. The Labute approximate surface area is 164 Å². The number of fused-ring (bicyclic) bond motifs is 2. The number of para-hydroxylation sites is 1. The molecular weight excluding hydrogens is 356 g/mol. The van der Waals surface area contributed by atoms with Crippen LogP contribution in [-0.4, -0.2) is 59.3 Å². The Kier molecular flexibility index (Phi) is 3.32. The number of piperidine rings is 4. The number of hydrogen-bond acceptors (Lipinski definition) is 6. The monoisotopic (exact) mass is 382 g/mol. The third-order valence-electron chi connectivity index (χ3n) is 8.29. The molecule has 5 fully saturated rings. The molecule has 1 aliphatic carbocycles. The fourth-order valence-corrected chi connectivity index (χ4v) is 7.47. The van der Waals surface area contributed by atoms with E-state index >= 15 is 0 Å². The van der Waals surface area contributed by atoms with Crippen molar-refractivity contribution in [1.29, 1.82) is 0 Å². The van der Waals surface area contributed by atoms with Gasteiger partial charge in [-0.25, -0.2) is 0 Å². The van der Waals surface area contributed by atoms with Crippen LogP contribution in [0.2, 0.25) is 0 Å². The van der Waals surface area contributed by atoms with Crippen LogP contribution in [0.3, 0.4) is 0 Å². The lowest BCUT2D eigenvalue weighted by Gasteiger charge is -2.60. The minimum absolute atomic E-state index is 0.0189. The van der Waals surface area contributed by atoms with E-state index in [-0.39, 0.29) is 53.4 Å². The summed E-state index contributed by atoms with van der Waals surface area (Å²) >= 11 is 0. The van der Waals surface area contributed by atoms with Gasteiger partial charge < -0.3 is 14.6 Å². The molecular formula is C22H26N2O4. The molecule has 1 aromatic rings. The maximum Gasteiger partial charge on any atom is 0.302 e. The fourth-order valence-electron chi connectivity index (χ4n) is 7.47. The average molecular weight is 382 g/mol. The largest absolute Gasteiger partial charge is 0.461 e.